The van der Waals surface area contributed by atoms with Crippen molar-refractivity contribution in [1.29, 1.82) is 0 Å². The zero-order chi connectivity index (χ0) is 14.0. The molecule has 0 aliphatic heterocycles. The van der Waals surface area contributed by atoms with Gasteiger partial charge in [-0.1, -0.05) is 0 Å². The highest BCUT2D eigenvalue weighted by atomic mass is 16.5. The molecule has 2 rings (SSSR count). The molecule has 0 saturated carbocycles. The Kier molecular flexibility index (Phi) is 3.64. The van der Waals surface area contributed by atoms with Crippen LogP contribution in [0.4, 0.5) is 11.4 Å². The highest BCUT2D eigenvalue weighted by Gasteiger charge is 2.09. The Morgan fingerprint density at radius 2 is 2.05 bits per heavy atom. The summed E-state index contributed by atoms with van der Waals surface area (Å²) in [5.41, 5.74) is 10.9. The van der Waals surface area contributed by atoms with Gasteiger partial charge < -0.3 is 15.8 Å². The van der Waals surface area contributed by atoms with E-state index in [1.165, 1.54) is 11.3 Å². The summed E-state index contributed by atoms with van der Waals surface area (Å²) in [4.78, 5) is 0. The first-order valence-electron chi connectivity index (χ1n) is 6.18. The minimum atomic E-state index is 0.682. The first-order valence-corrected chi connectivity index (χ1v) is 6.18. The van der Waals surface area contributed by atoms with E-state index in [2.05, 4.69) is 17.3 Å². The van der Waals surface area contributed by atoms with Gasteiger partial charge in [-0.25, -0.2) is 0 Å². The van der Waals surface area contributed by atoms with Crippen molar-refractivity contribution in [2.24, 2.45) is 7.05 Å². The molecule has 0 amide bonds. The number of nitrogens with one attached hydrogen (secondary N) is 1. The fourth-order valence-electron chi connectivity index (χ4n) is 2.11. The van der Waals surface area contributed by atoms with Crippen LogP contribution in [0.15, 0.2) is 18.2 Å². The molecule has 3 N–H and O–H groups in total. The molecule has 0 radical (unpaired) electrons. The van der Waals surface area contributed by atoms with E-state index in [1.54, 1.807) is 13.2 Å². The van der Waals surface area contributed by atoms with Gasteiger partial charge in [-0.3, -0.25) is 4.68 Å². The van der Waals surface area contributed by atoms with Gasteiger partial charge in [0.25, 0.3) is 0 Å². The van der Waals surface area contributed by atoms with E-state index in [9.17, 15) is 0 Å². The first-order chi connectivity index (χ1) is 9.01. The lowest BCUT2D eigenvalue weighted by Crippen LogP contribution is -2.03. The summed E-state index contributed by atoms with van der Waals surface area (Å²) in [6.45, 7) is 4.80. The minimum absolute atomic E-state index is 0.682. The average molecular weight is 260 g/mol. The Morgan fingerprint density at radius 1 is 1.32 bits per heavy atom. The normalized spacial score (nSPS) is 10.5. The van der Waals surface area contributed by atoms with E-state index in [0.717, 1.165) is 23.7 Å². The molecule has 2 aromatic rings. The molecule has 0 aliphatic carbocycles. The molecular weight excluding hydrogens is 240 g/mol. The summed E-state index contributed by atoms with van der Waals surface area (Å²) in [5.74, 6) is 0.752. The predicted molar refractivity (Wildman–Crippen MR) is 77.4 cm³/mol. The van der Waals surface area contributed by atoms with Gasteiger partial charge in [0.15, 0.2) is 0 Å². The van der Waals surface area contributed by atoms with Crippen molar-refractivity contribution in [3.8, 4) is 5.75 Å². The van der Waals surface area contributed by atoms with Crippen molar-refractivity contribution in [3.05, 3.63) is 35.2 Å². The zero-order valence-electron chi connectivity index (χ0n) is 11.8. The fourth-order valence-corrected chi connectivity index (χ4v) is 2.11. The van der Waals surface area contributed by atoms with Crippen LogP contribution in [0, 0.1) is 13.8 Å². The van der Waals surface area contributed by atoms with Crippen LogP contribution in [0.25, 0.3) is 0 Å². The molecule has 0 atom stereocenters. The lowest BCUT2D eigenvalue weighted by molar-refractivity contribution is 0.415. The van der Waals surface area contributed by atoms with Crippen molar-refractivity contribution in [1.82, 2.24) is 9.78 Å². The molecule has 0 aliphatic rings. The smallest absolute Gasteiger partial charge is 0.122 e. The molecule has 0 spiro atoms. The van der Waals surface area contributed by atoms with E-state index in [1.807, 2.05) is 30.8 Å². The van der Waals surface area contributed by atoms with Crippen LogP contribution < -0.4 is 15.8 Å². The minimum Gasteiger partial charge on any atom is -0.497 e. The maximum absolute atomic E-state index is 5.83. The molecule has 5 heteroatoms. The third kappa shape index (κ3) is 2.81. The van der Waals surface area contributed by atoms with Crippen molar-refractivity contribution < 1.29 is 4.74 Å². The largest absolute Gasteiger partial charge is 0.497 e. The molecular formula is C14H20N4O. The van der Waals surface area contributed by atoms with Crippen LogP contribution in [0.2, 0.25) is 0 Å². The number of benzene rings is 1. The number of ether oxygens (including phenoxy) is 1. The molecule has 1 aromatic heterocycles. The van der Waals surface area contributed by atoms with Crippen LogP contribution in [0.3, 0.4) is 0 Å². The lowest BCUT2D eigenvalue weighted by Gasteiger charge is -2.10. The molecule has 1 aromatic carbocycles. The third-order valence-corrected chi connectivity index (χ3v) is 3.29. The van der Waals surface area contributed by atoms with Crippen molar-refractivity contribution in [2.75, 3.05) is 18.2 Å². The van der Waals surface area contributed by atoms with Crippen molar-refractivity contribution >= 4 is 11.4 Å². The van der Waals surface area contributed by atoms with E-state index in [4.69, 9.17) is 10.5 Å². The van der Waals surface area contributed by atoms with Crippen LogP contribution in [0.5, 0.6) is 5.75 Å². The molecule has 5 nitrogen and oxygen atoms in total. The SMILES string of the molecule is COc1cc(N)cc(NCc2c(C)nn(C)c2C)c1. The van der Waals surface area contributed by atoms with Gasteiger partial charge in [-0.15, -0.1) is 0 Å². The van der Waals surface area contributed by atoms with E-state index < -0.39 is 0 Å². The van der Waals surface area contributed by atoms with Gasteiger partial charge in [0, 0.05) is 48.4 Å². The monoisotopic (exact) mass is 260 g/mol. The van der Waals surface area contributed by atoms with Gasteiger partial charge in [0.05, 0.1) is 12.8 Å². The number of rotatable bonds is 4. The lowest BCUT2D eigenvalue weighted by atomic mass is 10.2. The van der Waals surface area contributed by atoms with Crippen LogP contribution in [0.1, 0.15) is 17.0 Å². The zero-order valence-corrected chi connectivity index (χ0v) is 11.8. The van der Waals surface area contributed by atoms with E-state index in [-0.39, 0.29) is 0 Å². The summed E-state index contributed by atoms with van der Waals surface area (Å²) in [6, 6.07) is 5.62. The van der Waals surface area contributed by atoms with Gasteiger partial charge in [-0.05, 0) is 19.9 Å². The molecule has 0 fully saturated rings. The number of anilines is 2. The number of nitrogen functional groups attached to an aromatic ring is 1. The summed E-state index contributed by atoms with van der Waals surface area (Å²) in [6.07, 6.45) is 0. The highest BCUT2D eigenvalue weighted by Crippen LogP contribution is 2.23. The van der Waals surface area contributed by atoms with Gasteiger partial charge in [0.2, 0.25) is 0 Å². The second-order valence-corrected chi connectivity index (χ2v) is 4.62. The Morgan fingerprint density at radius 3 is 2.63 bits per heavy atom. The Hall–Kier alpha value is -2.17. The second kappa shape index (κ2) is 5.22. The highest BCUT2D eigenvalue weighted by molar-refractivity contribution is 5.59. The number of aryl methyl sites for hydroxylation is 2. The molecule has 19 heavy (non-hydrogen) atoms. The van der Waals surface area contributed by atoms with Crippen LogP contribution in [-0.4, -0.2) is 16.9 Å². The molecule has 102 valence electrons. The third-order valence-electron chi connectivity index (χ3n) is 3.29. The maximum Gasteiger partial charge on any atom is 0.122 e. The Bertz CT molecular complexity index is 589. The molecule has 1 heterocycles. The number of aromatic nitrogens is 2. The second-order valence-electron chi connectivity index (χ2n) is 4.62. The summed E-state index contributed by atoms with van der Waals surface area (Å²) >= 11 is 0. The predicted octanol–water partition coefficient (Wildman–Crippen LogP) is 2.24. The van der Waals surface area contributed by atoms with Crippen molar-refractivity contribution in [2.45, 2.75) is 20.4 Å². The average Bonchev–Trinajstić information content (AvgIpc) is 2.60. The number of nitrogens with two attached hydrogens (primary N) is 1. The number of methoxy groups -OCH3 is 1. The van der Waals surface area contributed by atoms with Gasteiger partial charge in [-0.2, -0.15) is 5.10 Å². The number of nitrogens with zero attached hydrogens (tertiary/aromatic N) is 2. The summed E-state index contributed by atoms with van der Waals surface area (Å²) < 4.78 is 7.10. The molecule has 0 unspecified atom stereocenters. The van der Waals surface area contributed by atoms with Gasteiger partial charge in [0.1, 0.15) is 5.75 Å². The van der Waals surface area contributed by atoms with Crippen LogP contribution in [-0.2, 0) is 13.6 Å². The Balaban J connectivity index is 2.16. The van der Waals surface area contributed by atoms with E-state index >= 15 is 0 Å². The van der Waals surface area contributed by atoms with E-state index in [0.29, 0.717) is 5.69 Å². The molecule has 0 bridgehead atoms. The number of hydrogen-bond donors (Lipinski definition) is 2. The molecule has 0 saturated heterocycles. The van der Waals surface area contributed by atoms with Crippen molar-refractivity contribution in [3.63, 3.8) is 0 Å². The van der Waals surface area contributed by atoms with Gasteiger partial charge >= 0.3 is 0 Å². The first kappa shape index (κ1) is 13.3. The summed E-state index contributed by atoms with van der Waals surface area (Å²) in [7, 11) is 3.59. The number of hydrogen-bond acceptors (Lipinski definition) is 4. The van der Waals surface area contributed by atoms with Crippen LogP contribution >= 0.6 is 0 Å². The Labute approximate surface area is 113 Å². The summed E-state index contributed by atoms with van der Waals surface area (Å²) in [5, 5.41) is 7.76. The topological polar surface area (TPSA) is 65.1 Å². The quantitative estimate of drug-likeness (QED) is 0.827. The standard InChI is InChI=1S/C14H20N4O/c1-9-14(10(2)18(3)17-9)8-16-12-5-11(15)6-13(7-12)19-4/h5-7,16H,8,15H2,1-4H3. The fraction of sp³-hybridized carbons (Fsp3) is 0.357. The maximum atomic E-state index is 5.83.